The van der Waals surface area contributed by atoms with Gasteiger partial charge in [0, 0.05) is 45.0 Å². The minimum Gasteiger partial charge on any atom is -0.380 e. The number of nitrogens with zero attached hydrogens (tertiary/aromatic N) is 2. The van der Waals surface area contributed by atoms with Crippen molar-refractivity contribution in [3.05, 3.63) is 30.1 Å². The SMILES string of the molecule is O=C(C1CN(c2ccc(F)cc2)CCN1)N1CCCOCC1. The van der Waals surface area contributed by atoms with E-state index in [1.807, 2.05) is 4.90 Å². The zero-order valence-corrected chi connectivity index (χ0v) is 12.6. The van der Waals surface area contributed by atoms with Crippen LogP contribution < -0.4 is 10.2 Å². The Morgan fingerprint density at radius 3 is 2.82 bits per heavy atom. The van der Waals surface area contributed by atoms with Gasteiger partial charge in [-0.3, -0.25) is 4.79 Å². The first-order valence-electron chi connectivity index (χ1n) is 7.84. The van der Waals surface area contributed by atoms with Gasteiger partial charge in [0.25, 0.3) is 0 Å². The Balaban J connectivity index is 1.64. The van der Waals surface area contributed by atoms with Crippen molar-refractivity contribution in [3.8, 4) is 0 Å². The number of benzene rings is 1. The molecule has 0 saturated carbocycles. The van der Waals surface area contributed by atoms with Gasteiger partial charge >= 0.3 is 0 Å². The quantitative estimate of drug-likeness (QED) is 0.880. The molecule has 2 aliphatic heterocycles. The highest BCUT2D eigenvalue weighted by Gasteiger charge is 2.29. The lowest BCUT2D eigenvalue weighted by Gasteiger charge is -2.36. The standard InChI is InChI=1S/C16H22FN3O2/c17-13-2-4-14(5-3-13)20-8-6-18-15(12-20)16(21)19-7-1-10-22-11-9-19/h2-5,15,18H,1,6-12H2. The number of hydrogen-bond acceptors (Lipinski definition) is 4. The monoisotopic (exact) mass is 307 g/mol. The number of rotatable bonds is 2. The van der Waals surface area contributed by atoms with Crippen molar-refractivity contribution in [2.45, 2.75) is 12.5 Å². The average molecular weight is 307 g/mol. The van der Waals surface area contributed by atoms with Crippen molar-refractivity contribution >= 4 is 11.6 Å². The van der Waals surface area contributed by atoms with Crippen LogP contribution in [0.25, 0.3) is 0 Å². The Kier molecular flexibility index (Phi) is 4.90. The van der Waals surface area contributed by atoms with Gasteiger partial charge in [0.1, 0.15) is 11.9 Å². The van der Waals surface area contributed by atoms with Crippen molar-refractivity contribution < 1.29 is 13.9 Å². The summed E-state index contributed by atoms with van der Waals surface area (Å²) in [4.78, 5) is 16.7. The minimum absolute atomic E-state index is 0.136. The number of amides is 1. The van der Waals surface area contributed by atoms with Gasteiger partial charge in [-0.2, -0.15) is 0 Å². The molecule has 0 aliphatic carbocycles. The molecule has 1 amide bonds. The Bertz CT molecular complexity index is 501. The lowest BCUT2D eigenvalue weighted by molar-refractivity contribution is -0.133. The number of ether oxygens (including phenoxy) is 1. The summed E-state index contributed by atoms with van der Waals surface area (Å²) in [6, 6.07) is 6.24. The molecule has 2 heterocycles. The van der Waals surface area contributed by atoms with Crippen molar-refractivity contribution in [2.24, 2.45) is 0 Å². The second-order valence-electron chi connectivity index (χ2n) is 5.72. The van der Waals surface area contributed by atoms with Crippen LogP contribution in [0.1, 0.15) is 6.42 Å². The van der Waals surface area contributed by atoms with Gasteiger partial charge in [-0.15, -0.1) is 0 Å². The number of piperazine rings is 1. The molecule has 0 radical (unpaired) electrons. The fourth-order valence-corrected chi connectivity index (χ4v) is 2.99. The van der Waals surface area contributed by atoms with E-state index in [0.717, 1.165) is 38.3 Å². The van der Waals surface area contributed by atoms with Crippen LogP contribution in [0.5, 0.6) is 0 Å². The van der Waals surface area contributed by atoms with Crippen LogP contribution in [0.3, 0.4) is 0 Å². The molecule has 6 heteroatoms. The normalized spacial score (nSPS) is 23.2. The second-order valence-corrected chi connectivity index (χ2v) is 5.72. The highest BCUT2D eigenvalue weighted by molar-refractivity contribution is 5.83. The van der Waals surface area contributed by atoms with E-state index in [1.54, 1.807) is 12.1 Å². The Hall–Kier alpha value is -1.66. The summed E-state index contributed by atoms with van der Waals surface area (Å²) >= 11 is 0. The maximum atomic E-state index is 13.0. The molecular formula is C16H22FN3O2. The van der Waals surface area contributed by atoms with Gasteiger partial charge < -0.3 is 19.9 Å². The van der Waals surface area contributed by atoms with E-state index in [-0.39, 0.29) is 17.8 Å². The van der Waals surface area contributed by atoms with Crippen LogP contribution >= 0.6 is 0 Å². The summed E-state index contributed by atoms with van der Waals surface area (Å²) in [5, 5.41) is 3.30. The smallest absolute Gasteiger partial charge is 0.241 e. The third-order valence-corrected chi connectivity index (χ3v) is 4.20. The first kappa shape index (κ1) is 15.2. The third kappa shape index (κ3) is 3.56. The molecule has 0 spiro atoms. The van der Waals surface area contributed by atoms with Gasteiger partial charge in [-0.25, -0.2) is 4.39 Å². The average Bonchev–Trinajstić information content (AvgIpc) is 2.84. The number of anilines is 1. The first-order chi connectivity index (χ1) is 10.7. The largest absolute Gasteiger partial charge is 0.380 e. The van der Waals surface area contributed by atoms with Gasteiger partial charge in [0.15, 0.2) is 0 Å². The molecular weight excluding hydrogens is 285 g/mol. The maximum absolute atomic E-state index is 13.0. The highest BCUT2D eigenvalue weighted by atomic mass is 19.1. The van der Waals surface area contributed by atoms with Crippen LogP contribution in [0, 0.1) is 5.82 Å². The van der Waals surface area contributed by atoms with Gasteiger partial charge in [0.2, 0.25) is 5.91 Å². The lowest BCUT2D eigenvalue weighted by Crippen LogP contribution is -2.58. The van der Waals surface area contributed by atoms with Crippen LogP contribution in [-0.2, 0) is 9.53 Å². The summed E-state index contributed by atoms with van der Waals surface area (Å²) in [5.74, 6) is -0.103. The Morgan fingerprint density at radius 1 is 1.18 bits per heavy atom. The summed E-state index contributed by atoms with van der Waals surface area (Å²) in [6.45, 7) is 4.93. The maximum Gasteiger partial charge on any atom is 0.241 e. The van der Waals surface area contributed by atoms with Crippen molar-refractivity contribution in [1.29, 1.82) is 0 Å². The number of carbonyl (C=O) groups is 1. The summed E-state index contributed by atoms with van der Waals surface area (Å²) in [7, 11) is 0. The van der Waals surface area contributed by atoms with Crippen molar-refractivity contribution in [2.75, 3.05) is 50.8 Å². The molecule has 5 nitrogen and oxygen atoms in total. The number of nitrogens with one attached hydrogen (secondary N) is 1. The molecule has 1 aromatic rings. The second kappa shape index (κ2) is 7.07. The van der Waals surface area contributed by atoms with Crippen molar-refractivity contribution in [1.82, 2.24) is 10.2 Å². The first-order valence-corrected chi connectivity index (χ1v) is 7.84. The van der Waals surface area contributed by atoms with E-state index in [4.69, 9.17) is 4.74 Å². The van der Waals surface area contributed by atoms with E-state index in [9.17, 15) is 9.18 Å². The molecule has 1 unspecified atom stereocenters. The van der Waals surface area contributed by atoms with Gasteiger partial charge in [-0.05, 0) is 30.7 Å². The van der Waals surface area contributed by atoms with Crippen LogP contribution in [0.15, 0.2) is 24.3 Å². The predicted molar refractivity (Wildman–Crippen MR) is 82.4 cm³/mol. The molecule has 2 saturated heterocycles. The molecule has 3 rings (SSSR count). The molecule has 2 fully saturated rings. The van der Waals surface area contributed by atoms with Crippen LogP contribution in [0.2, 0.25) is 0 Å². The van der Waals surface area contributed by atoms with Crippen LogP contribution in [-0.4, -0.2) is 62.8 Å². The van der Waals surface area contributed by atoms with E-state index < -0.39 is 0 Å². The number of carbonyl (C=O) groups excluding carboxylic acids is 1. The Labute approximate surface area is 130 Å². The van der Waals surface area contributed by atoms with E-state index in [1.165, 1.54) is 12.1 Å². The molecule has 1 N–H and O–H groups in total. The fraction of sp³-hybridized carbons (Fsp3) is 0.562. The summed E-state index contributed by atoms with van der Waals surface area (Å²) in [6.07, 6.45) is 0.889. The zero-order chi connectivity index (χ0) is 15.4. The van der Waals surface area contributed by atoms with Gasteiger partial charge in [-0.1, -0.05) is 0 Å². The van der Waals surface area contributed by atoms with Crippen LogP contribution in [0.4, 0.5) is 10.1 Å². The molecule has 1 aromatic carbocycles. The molecule has 120 valence electrons. The highest BCUT2D eigenvalue weighted by Crippen LogP contribution is 2.17. The fourth-order valence-electron chi connectivity index (χ4n) is 2.99. The molecule has 22 heavy (non-hydrogen) atoms. The molecule has 0 aromatic heterocycles. The summed E-state index contributed by atoms with van der Waals surface area (Å²) in [5.41, 5.74) is 0.958. The minimum atomic E-state index is -0.240. The zero-order valence-electron chi connectivity index (χ0n) is 12.6. The van der Waals surface area contributed by atoms with Crippen molar-refractivity contribution in [3.63, 3.8) is 0 Å². The Morgan fingerprint density at radius 2 is 2.00 bits per heavy atom. The topological polar surface area (TPSA) is 44.8 Å². The van der Waals surface area contributed by atoms with E-state index >= 15 is 0 Å². The predicted octanol–water partition coefficient (Wildman–Crippen LogP) is 0.853. The molecule has 0 bridgehead atoms. The van der Waals surface area contributed by atoms with E-state index in [0.29, 0.717) is 19.7 Å². The van der Waals surface area contributed by atoms with Gasteiger partial charge in [0.05, 0.1) is 6.61 Å². The third-order valence-electron chi connectivity index (χ3n) is 4.20. The lowest BCUT2D eigenvalue weighted by atomic mass is 10.1. The summed E-state index contributed by atoms with van der Waals surface area (Å²) < 4.78 is 18.4. The van der Waals surface area contributed by atoms with E-state index in [2.05, 4.69) is 10.2 Å². The number of hydrogen-bond donors (Lipinski definition) is 1. The molecule has 2 aliphatic rings. The number of halogens is 1. The molecule has 1 atom stereocenters.